The molecule has 31 heavy (non-hydrogen) atoms. The maximum absolute atomic E-state index is 5.61. The van der Waals surface area contributed by atoms with Crippen molar-refractivity contribution in [1.82, 2.24) is 0 Å². The van der Waals surface area contributed by atoms with Crippen LogP contribution >= 0.6 is 11.8 Å². The number of benzene rings is 3. The predicted octanol–water partition coefficient (Wildman–Crippen LogP) is 7.31. The van der Waals surface area contributed by atoms with E-state index in [2.05, 4.69) is 92.8 Å². The van der Waals surface area contributed by atoms with Crippen LogP contribution in [0.25, 0.3) is 16.7 Å². The van der Waals surface area contributed by atoms with Gasteiger partial charge in [0.15, 0.2) is 0 Å². The lowest BCUT2D eigenvalue weighted by Gasteiger charge is -2.34. The van der Waals surface area contributed by atoms with Gasteiger partial charge < -0.3 is 10.1 Å². The van der Waals surface area contributed by atoms with Gasteiger partial charge in [-0.3, -0.25) is 0 Å². The number of fused-ring (bicyclic) bond motifs is 1. The first-order valence-corrected chi connectivity index (χ1v) is 12.0. The summed E-state index contributed by atoms with van der Waals surface area (Å²) < 4.78 is 5.61. The second-order valence-corrected chi connectivity index (χ2v) is 10.1. The van der Waals surface area contributed by atoms with E-state index >= 15 is 0 Å². The second kappa shape index (κ2) is 9.23. The summed E-state index contributed by atoms with van der Waals surface area (Å²) in [5.41, 5.74) is 7.56. The van der Waals surface area contributed by atoms with Crippen molar-refractivity contribution in [3.63, 3.8) is 0 Å². The van der Waals surface area contributed by atoms with E-state index in [1.54, 1.807) is 7.11 Å². The number of methoxy groups -OCH3 is 1. The van der Waals surface area contributed by atoms with E-state index in [1.165, 1.54) is 28.0 Å². The quantitative estimate of drug-likeness (QED) is 0.425. The molecule has 0 saturated heterocycles. The van der Waals surface area contributed by atoms with Gasteiger partial charge in [0.25, 0.3) is 0 Å². The number of hydrogen-bond acceptors (Lipinski definition) is 3. The van der Waals surface area contributed by atoms with Crippen LogP contribution in [0.4, 0.5) is 5.69 Å². The smallest absolute Gasteiger partial charge is 0.126 e. The second-order valence-electron chi connectivity index (χ2n) is 8.66. The molecule has 3 aromatic rings. The van der Waals surface area contributed by atoms with E-state index in [0.29, 0.717) is 5.25 Å². The van der Waals surface area contributed by atoms with Crippen molar-refractivity contribution in [1.29, 1.82) is 0 Å². The molecule has 0 amide bonds. The molecule has 4 rings (SSSR count). The zero-order valence-corrected chi connectivity index (χ0v) is 19.6. The first-order chi connectivity index (χ1) is 15.0. The average Bonchev–Trinajstić information content (AvgIpc) is 2.78. The molecular formula is C28H31NOS. The van der Waals surface area contributed by atoms with Crippen molar-refractivity contribution in [3.8, 4) is 16.9 Å². The number of hydrogen-bond donors (Lipinski definition) is 1. The molecule has 1 atom stereocenters. The Kier molecular flexibility index (Phi) is 6.43. The molecule has 2 nitrogen and oxygen atoms in total. The highest BCUT2D eigenvalue weighted by atomic mass is 32.2. The van der Waals surface area contributed by atoms with E-state index < -0.39 is 0 Å². The number of anilines is 1. The third-order valence-corrected chi connectivity index (χ3v) is 6.95. The zero-order valence-electron chi connectivity index (χ0n) is 18.8. The SMILES string of the molecule is COc1ccccc1-c1ccc2c(c1)C(C(C)SCCc1ccccc1)=CC(C)(C)N2. The zero-order chi connectivity index (χ0) is 21.8. The van der Waals surface area contributed by atoms with Gasteiger partial charge in [-0.2, -0.15) is 11.8 Å². The molecule has 1 N–H and O–H groups in total. The van der Waals surface area contributed by atoms with Crippen molar-refractivity contribution in [3.05, 3.63) is 90.0 Å². The maximum Gasteiger partial charge on any atom is 0.126 e. The summed E-state index contributed by atoms with van der Waals surface area (Å²) in [4.78, 5) is 0. The highest BCUT2D eigenvalue weighted by molar-refractivity contribution is 8.00. The summed E-state index contributed by atoms with van der Waals surface area (Å²) in [5.74, 6) is 2.01. The molecule has 1 heterocycles. The molecule has 1 aliphatic rings. The van der Waals surface area contributed by atoms with E-state index in [4.69, 9.17) is 4.74 Å². The molecule has 0 aromatic heterocycles. The number of para-hydroxylation sites is 1. The van der Waals surface area contributed by atoms with Crippen molar-refractivity contribution in [2.24, 2.45) is 0 Å². The summed E-state index contributed by atoms with van der Waals surface area (Å²) in [6.45, 7) is 6.82. The number of thioether (sulfide) groups is 1. The molecule has 1 aliphatic heterocycles. The summed E-state index contributed by atoms with van der Waals surface area (Å²) in [5, 5.41) is 4.11. The van der Waals surface area contributed by atoms with Gasteiger partial charge in [-0.05, 0) is 67.8 Å². The molecule has 0 aliphatic carbocycles. The Morgan fingerprint density at radius 3 is 2.45 bits per heavy atom. The van der Waals surface area contributed by atoms with Gasteiger partial charge >= 0.3 is 0 Å². The summed E-state index contributed by atoms with van der Waals surface area (Å²) in [6.07, 6.45) is 3.50. The lowest BCUT2D eigenvalue weighted by Crippen LogP contribution is -2.33. The summed E-state index contributed by atoms with van der Waals surface area (Å²) in [6, 6.07) is 25.7. The normalized spacial score (nSPS) is 15.4. The molecule has 0 radical (unpaired) electrons. The topological polar surface area (TPSA) is 21.3 Å². The number of nitrogens with one attached hydrogen (secondary N) is 1. The largest absolute Gasteiger partial charge is 0.496 e. The van der Waals surface area contributed by atoms with Gasteiger partial charge in [0.1, 0.15) is 5.75 Å². The molecule has 1 unspecified atom stereocenters. The highest BCUT2D eigenvalue weighted by Gasteiger charge is 2.27. The van der Waals surface area contributed by atoms with Gasteiger partial charge in [0.2, 0.25) is 0 Å². The fraction of sp³-hybridized carbons (Fsp3) is 0.286. The van der Waals surface area contributed by atoms with Crippen LogP contribution in [0.5, 0.6) is 5.75 Å². The molecule has 0 spiro atoms. The number of aryl methyl sites for hydroxylation is 1. The lowest BCUT2D eigenvalue weighted by molar-refractivity contribution is 0.416. The van der Waals surface area contributed by atoms with Crippen LogP contribution in [0, 0.1) is 0 Å². The van der Waals surface area contributed by atoms with Crippen LogP contribution in [0.1, 0.15) is 31.9 Å². The number of ether oxygens (including phenoxy) is 1. The Bertz CT molecular complexity index is 1070. The van der Waals surface area contributed by atoms with E-state index in [1.807, 2.05) is 23.9 Å². The van der Waals surface area contributed by atoms with E-state index in [-0.39, 0.29) is 5.54 Å². The first kappa shape index (κ1) is 21.6. The molecule has 160 valence electrons. The molecular weight excluding hydrogens is 398 g/mol. The van der Waals surface area contributed by atoms with Gasteiger partial charge in [0, 0.05) is 22.1 Å². The molecule has 3 aromatic carbocycles. The number of rotatable bonds is 7. The summed E-state index contributed by atoms with van der Waals surface area (Å²) >= 11 is 2.03. The van der Waals surface area contributed by atoms with Crippen LogP contribution in [0.3, 0.4) is 0 Å². The van der Waals surface area contributed by atoms with Gasteiger partial charge in [-0.1, -0.05) is 60.7 Å². The fourth-order valence-corrected chi connectivity index (χ4v) is 5.30. The van der Waals surface area contributed by atoms with Crippen molar-refractivity contribution >= 4 is 23.0 Å². The van der Waals surface area contributed by atoms with Crippen LogP contribution in [-0.4, -0.2) is 23.7 Å². The molecule has 0 bridgehead atoms. The Morgan fingerprint density at radius 2 is 1.68 bits per heavy atom. The lowest BCUT2D eigenvalue weighted by atomic mass is 9.87. The Morgan fingerprint density at radius 1 is 0.935 bits per heavy atom. The molecule has 0 fully saturated rings. The van der Waals surface area contributed by atoms with Crippen LogP contribution in [0.2, 0.25) is 0 Å². The van der Waals surface area contributed by atoms with Crippen LogP contribution < -0.4 is 10.1 Å². The minimum absolute atomic E-state index is 0.0669. The third kappa shape index (κ3) is 4.99. The van der Waals surface area contributed by atoms with Crippen molar-refractivity contribution < 1.29 is 4.74 Å². The Labute approximate surface area is 190 Å². The monoisotopic (exact) mass is 429 g/mol. The van der Waals surface area contributed by atoms with Crippen molar-refractivity contribution in [2.45, 2.75) is 38.0 Å². The van der Waals surface area contributed by atoms with Gasteiger partial charge in [-0.15, -0.1) is 0 Å². The Hall–Kier alpha value is -2.65. The van der Waals surface area contributed by atoms with Gasteiger partial charge in [-0.25, -0.2) is 0 Å². The van der Waals surface area contributed by atoms with Crippen molar-refractivity contribution in [2.75, 3.05) is 18.2 Å². The van der Waals surface area contributed by atoms with Gasteiger partial charge in [0.05, 0.1) is 12.6 Å². The van der Waals surface area contributed by atoms with Crippen LogP contribution in [0.15, 0.2) is 78.9 Å². The standard InChI is InChI=1S/C28H31NOS/c1-20(31-17-16-21-10-6-5-7-11-21)25-19-28(2,3)29-26-15-14-22(18-24(25)26)23-12-8-9-13-27(23)30-4/h5-15,18-20,29H,16-17H2,1-4H3. The van der Waals surface area contributed by atoms with E-state index in [0.717, 1.165) is 23.5 Å². The molecule has 3 heteroatoms. The highest BCUT2D eigenvalue weighted by Crippen LogP contribution is 2.42. The minimum Gasteiger partial charge on any atom is -0.496 e. The first-order valence-electron chi connectivity index (χ1n) is 10.9. The summed E-state index contributed by atoms with van der Waals surface area (Å²) in [7, 11) is 1.73. The predicted molar refractivity (Wildman–Crippen MR) is 136 cm³/mol. The average molecular weight is 430 g/mol. The van der Waals surface area contributed by atoms with E-state index in [9.17, 15) is 0 Å². The maximum atomic E-state index is 5.61. The molecule has 0 saturated carbocycles. The van der Waals surface area contributed by atoms with Crippen LogP contribution in [-0.2, 0) is 6.42 Å². The minimum atomic E-state index is -0.0669. The third-order valence-electron chi connectivity index (χ3n) is 5.76. The fourth-order valence-electron chi connectivity index (χ4n) is 4.22. The Balaban J connectivity index is 1.61.